The molecule has 0 aliphatic heterocycles. The largest absolute Gasteiger partial charge is 0.382 e. The van der Waals surface area contributed by atoms with Crippen LogP contribution in [0.25, 0.3) is 0 Å². The summed E-state index contributed by atoms with van der Waals surface area (Å²) < 4.78 is 1.23. The molecular formula is C14H20BrN. The molecule has 1 N–H and O–H groups in total. The second kappa shape index (κ2) is 4.79. The van der Waals surface area contributed by atoms with Crippen molar-refractivity contribution in [1.29, 1.82) is 0 Å². The fraction of sp³-hybridized carbons (Fsp3) is 0.571. The molecule has 2 rings (SSSR count). The lowest BCUT2D eigenvalue weighted by Gasteiger charge is -2.16. The first-order valence-electron chi connectivity index (χ1n) is 6.09. The zero-order valence-corrected chi connectivity index (χ0v) is 11.9. The molecule has 0 aromatic heterocycles. The van der Waals surface area contributed by atoms with Crippen molar-refractivity contribution in [3.8, 4) is 0 Å². The van der Waals surface area contributed by atoms with Gasteiger partial charge in [-0.15, -0.1) is 0 Å². The molecule has 0 radical (unpaired) electrons. The fourth-order valence-corrected chi connectivity index (χ4v) is 2.83. The first-order valence-corrected chi connectivity index (χ1v) is 6.89. The lowest BCUT2D eigenvalue weighted by Crippen LogP contribution is -2.15. The average Bonchev–Trinajstić information content (AvgIpc) is 2.60. The van der Waals surface area contributed by atoms with Gasteiger partial charge >= 0.3 is 0 Å². The Kier molecular flexibility index (Phi) is 3.58. The van der Waals surface area contributed by atoms with Gasteiger partial charge in [0.25, 0.3) is 0 Å². The van der Waals surface area contributed by atoms with Crippen molar-refractivity contribution in [1.82, 2.24) is 0 Å². The summed E-state index contributed by atoms with van der Waals surface area (Å²) in [4.78, 5) is 0. The quantitative estimate of drug-likeness (QED) is 0.831. The molecule has 1 aliphatic carbocycles. The zero-order valence-electron chi connectivity index (χ0n) is 10.3. The van der Waals surface area contributed by atoms with Gasteiger partial charge in [0.2, 0.25) is 0 Å². The second-order valence-corrected chi connectivity index (χ2v) is 5.98. The number of anilines is 1. The molecule has 0 saturated heterocycles. The van der Waals surface area contributed by atoms with Gasteiger partial charge in [-0.2, -0.15) is 0 Å². The highest BCUT2D eigenvalue weighted by molar-refractivity contribution is 9.10. The molecule has 2 heteroatoms. The van der Waals surface area contributed by atoms with Crippen LogP contribution in [-0.2, 0) is 0 Å². The minimum atomic E-state index is 0.676. The van der Waals surface area contributed by atoms with Crippen molar-refractivity contribution in [3.05, 3.63) is 27.7 Å². The van der Waals surface area contributed by atoms with Crippen LogP contribution in [0.2, 0.25) is 0 Å². The molecule has 0 spiro atoms. The van der Waals surface area contributed by atoms with Crippen LogP contribution in [0.1, 0.15) is 37.3 Å². The van der Waals surface area contributed by atoms with E-state index in [9.17, 15) is 0 Å². The van der Waals surface area contributed by atoms with E-state index in [1.807, 2.05) is 0 Å². The Bertz CT molecular complexity index is 363. The minimum absolute atomic E-state index is 0.676. The number of hydrogen-bond donors (Lipinski definition) is 1. The number of hydrogen-bond acceptors (Lipinski definition) is 1. The highest BCUT2D eigenvalue weighted by Crippen LogP contribution is 2.30. The van der Waals surface area contributed by atoms with Gasteiger partial charge in [-0.05, 0) is 62.3 Å². The topological polar surface area (TPSA) is 12.0 Å². The lowest BCUT2D eigenvalue weighted by atomic mass is 10.1. The van der Waals surface area contributed by atoms with Gasteiger partial charge in [-0.3, -0.25) is 0 Å². The van der Waals surface area contributed by atoms with Gasteiger partial charge in [-0.1, -0.05) is 22.9 Å². The van der Waals surface area contributed by atoms with Crippen LogP contribution in [0, 0.1) is 19.8 Å². The SMILES string of the molecule is Cc1cc(NC2CCC(C)C2)cc(C)c1Br. The van der Waals surface area contributed by atoms with Crippen LogP contribution in [0.15, 0.2) is 16.6 Å². The third-order valence-electron chi connectivity index (χ3n) is 3.50. The molecule has 1 fully saturated rings. The van der Waals surface area contributed by atoms with E-state index >= 15 is 0 Å². The Morgan fingerprint density at radius 2 is 1.81 bits per heavy atom. The van der Waals surface area contributed by atoms with Gasteiger partial charge in [0, 0.05) is 16.2 Å². The van der Waals surface area contributed by atoms with E-state index in [0.29, 0.717) is 6.04 Å². The van der Waals surface area contributed by atoms with E-state index in [1.54, 1.807) is 0 Å². The standard InChI is InChI=1S/C14H20BrN/c1-9-4-5-12(6-9)16-13-7-10(2)14(15)11(3)8-13/h7-9,12,16H,4-6H2,1-3H3. The second-order valence-electron chi connectivity index (χ2n) is 5.18. The first-order chi connectivity index (χ1) is 7.56. The number of aryl methyl sites for hydroxylation is 2. The van der Waals surface area contributed by atoms with E-state index < -0.39 is 0 Å². The maximum atomic E-state index is 3.66. The fourth-order valence-electron chi connectivity index (χ4n) is 2.60. The highest BCUT2D eigenvalue weighted by Gasteiger charge is 2.21. The van der Waals surface area contributed by atoms with E-state index in [1.165, 1.54) is 40.5 Å². The van der Waals surface area contributed by atoms with Crippen molar-refractivity contribution in [2.45, 2.75) is 46.1 Å². The van der Waals surface area contributed by atoms with Gasteiger partial charge < -0.3 is 5.32 Å². The maximum Gasteiger partial charge on any atom is 0.0348 e. The molecule has 1 aromatic carbocycles. The van der Waals surface area contributed by atoms with Crippen LogP contribution in [0.4, 0.5) is 5.69 Å². The predicted molar refractivity (Wildman–Crippen MR) is 74.0 cm³/mol. The number of halogens is 1. The molecule has 0 heterocycles. The molecule has 88 valence electrons. The summed E-state index contributed by atoms with van der Waals surface area (Å²) in [5.41, 5.74) is 3.90. The van der Waals surface area contributed by atoms with Gasteiger partial charge in [-0.25, -0.2) is 0 Å². The Hall–Kier alpha value is -0.500. The van der Waals surface area contributed by atoms with Gasteiger partial charge in [0.1, 0.15) is 0 Å². The van der Waals surface area contributed by atoms with Gasteiger partial charge in [0.05, 0.1) is 0 Å². The summed E-state index contributed by atoms with van der Waals surface area (Å²) >= 11 is 3.61. The molecule has 2 atom stereocenters. The van der Waals surface area contributed by atoms with Gasteiger partial charge in [0.15, 0.2) is 0 Å². The molecule has 0 bridgehead atoms. The summed E-state index contributed by atoms with van der Waals surface area (Å²) in [6, 6.07) is 5.15. The number of rotatable bonds is 2. The third kappa shape index (κ3) is 2.60. The molecular weight excluding hydrogens is 262 g/mol. The van der Waals surface area contributed by atoms with Crippen molar-refractivity contribution in [2.75, 3.05) is 5.32 Å². The maximum absolute atomic E-state index is 3.66. The third-order valence-corrected chi connectivity index (χ3v) is 4.75. The summed E-state index contributed by atoms with van der Waals surface area (Å²) in [5, 5.41) is 3.66. The van der Waals surface area contributed by atoms with Crippen LogP contribution < -0.4 is 5.32 Å². The zero-order chi connectivity index (χ0) is 11.7. The molecule has 16 heavy (non-hydrogen) atoms. The summed E-state index contributed by atoms with van der Waals surface area (Å²) in [6.07, 6.45) is 4.00. The average molecular weight is 282 g/mol. The van der Waals surface area contributed by atoms with E-state index in [2.05, 4.69) is 54.2 Å². The number of benzene rings is 1. The lowest BCUT2D eigenvalue weighted by molar-refractivity contribution is 0.602. The van der Waals surface area contributed by atoms with Crippen molar-refractivity contribution in [2.24, 2.45) is 5.92 Å². The smallest absolute Gasteiger partial charge is 0.0348 e. The number of nitrogens with one attached hydrogen (secondary N) is 1. The van der Waals surface area contributed by atoms with Crippen molar-refractivity contribution in [3.63, 3.8) is 0 Å². The Morgan fingerprint density at radius 1 is 1.19 bits per heavy atom. The van der Waals surface area contributed by atoms with Crippen LogP contribution in [-0.4, -0.2) is 6.04 Å². The van der Waals surface area contributed by atoms with E-state index in [0.717, 1.165) is 5.92 Å². The summed E-state index contributed by atoms with van der Waals surface area (Å²) in [7, 11) is 0. The monoisotopic (exact) mass is 281 g/mol. The summed E-state index contributed by atoms with van der Waals surface area (Å²) in [5.74, 6) is 0.884. The Morgan fingerprint density at radius 3 is 2.31 bits per heavy atom. The van der Waals surface area contributed by atoms with Crippen LogP contribution in [0.3, 0.4) is 0 Å². The Balaban J connectivity index is 2.10. The Labute approximate surface area is 107 Å². The predicted octanol–water partition coefficient (Wildman–Crippen LogP) is 4.67. The van der Waals surface area contributed by atoms with E-state index in [4.69, 9.17) is 0 Å². The molecule has 1 aliphatic rings. The van der Waals surface area contributed by atoms with Crippen molar-refractivity contribution >= 4 is 21.6 Å². The normalized spacial score (nSPS) is 24.8. The minimum Gasteiger partial charge on any atom is -0.382 e. The van der Waals surface area contributed by atoms with E-state index in [-0.39, 0.29) is 0 Å². The van der Waals surface area contributed by atoms with Crippen molar-refractivity contribution < 1.29 is 0 Å². The van der Waals surface area contributed by atoms with Crippen LogP contribution in [0.5, 0.6) is 0 Å². The molecule has 1 nitrogen and oxygen atoms in total. The molecule has 1 saturated carbocycles. The molecule has 1 aromatic rings. The van der Waals surface area contributed by atoms with Crippen LogP contribution >= 0.6 is 15.9 Å². The molecule has 0 amide bonds. The first kappa shape index (κ1) is 12.0. The summed E-state index contributed by atoms with van der Waals surface area (Å²) in [6.45, 7) is 6.65. The highest BCUT2D eigenvalue weighted by atomic mass is 79.9. The molecule has 2 unspecified atom stereocenters.